The second-order valence-electron chi connectivity index (χ2n) is 4.53. The molecule has 2 rings (SSSR count). The summed E-state index contributed by atoms with van der Waals surface area (Å²) in [5.74, 6) is -0.254. The summed E-state index contributed by atoms with van der Waals surface area (Å²) in [4.78, 5) is 16.2. The minimum atomic E-state index is -0.348. The molecular weight excluding hydrogens is 244 g/mol. The van der Waals surface area contributed by atoms with Gasteiger partial charge < -0.3 is 10.4 Å². The fourth-order valence-electron chi connectivity index (χ4n) is 1.72. The third kappa shape index (κ3) is 2.73. The molecule has 0 bridgehead atoms. The first kappa shape index (κ1) is 13.1. The van der Waals surface area contributed by atoms with Crippen molar-refractivity contribution in [3.63, 3.8) is 0 Å². The monoisotopic (exact) mass is 260 g/mol. The van der Waals surface area contributed by atoms with Gasteiger partial charge in [0.2, 0.25) is 0 Å². The van der Waals surface area contributed by atoms with E-state index in [0.717, 1.165) is 0 Å². The van der Waals surface area contributed by atoms with E-state index >= 15 is 0 Å². The molecule has 0 aliphatic carbocycles. The summed E-state index contributed by atoms with van der Waals surface area (Å²) in [5, 5.41) is 16.3. The number of nitrogens with one attached hydrogen (secondary N) is 1. The molecular formula is C13H16N4O2. The van der Waals surface area contributed by atoms with Crippen LogP contribution >= 0.6 is 0 Å². The van der Waals surface area contributed by atoms with Gasteiger partial charge in [-0.15, -0.1) is 0 Å². The molecule has 0 radical (unpaired) electrons. The lowest BCUT2D eigenvalue weighted by Crippen LogP contribution is -2.19. The van der Waals surface area contributed by atoms with Crippen molar-refractivity contribution in [2.75, 3.05) is 5.32 Å². The van der Waals surface area contributed by atoms with E-state index in [9.17, 15) is 9.90 Å². The molecule has 2 aromatic rings. The van der Waals surface area contributed by atoms with Crippen LogP contribution in [0.4, 0.5) is 5.82 Å². The lowest BCUT2D eigenvalue weighted by molar-refractivity contribution is 0.101. The highest BCUT2D eigenvalue weighted by atomic mass is 16.3. The maximum absolute atomic E-state index is 12.1. The second-order valence-corrected chi connectivity index (χ2v) is 4.53. The number of anilines is 1. The van der Waals surface area contributed by atoms with Crippen LogP contribution in [-0.2, 0) is 0 Å². The van der Waals surface area contributed by atoms with Crippen molar-refractivity contribution < 1.29 is 9.90 Å². The molecule has 6 heteroatoms. The van der Waals surface area contributed by atoms with Gasteiger partial charge in [0.15, 0.2) is 11.6 Å². The van der Waals surface area contributed by atoms with Gasteiger partial charge in [0, 0.05) is 17.9 Å². The number of nitrogens with zero attached hydrogens (tertiary/aromatic N) is 3. The topological polar surface area (TPSA) is 80.0 Å². The summed E-state index contributed by atoms with van der Waals surface area (Å²) in [6.07, 6.45) is 1.57. The maximum atomic E-state index is 12.1. The first-order valence-electron chi connectivity index (χ1n) is 6.00. The van der Waals surface area contributed by atoms with E-state index in [1.807, 2.05) is 13.8 Å². The van der Waals surface area contributed by atoms with Crippen LogP contribution in [0.5, 0.6) is 5.75 Å². The number of aromatic hydroxyl groups is 1. The van der Waals surface area contributed by atoms with Crippen LogP contribution in [0, 0.1) is 6.92 Å². The Morgan fingerprint density at radius 3 is 2.79 bits per heavy atom. The summed E-state index contributed by atoms with van der Waals surface area (Å²) in [6.45, 7) is 5.66. The number of aryl methyl sites for hydroxylation is 1. The van der Waals surface area contributed by atoms with Crippen LogP contribution in [0.2, 0.25) is 0 Å². The largest absolute Gasteiger partial charge is 0.504 e. The van der Waals surface area contributed by atoms with Gasteiger partial charge in [-0.2, -0.15) is 5.10 Å². The van der Waals surface area contributed by atoms with Gasteiger partial charge >= 0.3 is 0 Å². The number of carbonyl (C=O) groups is 1. The average Bonchev–Trinajstić information content (AvgIpc) is 2.83. The van der Waals surface area contributed by atoms with Crippen molar-refractivity contribution in [1.29, 1.82) is 0 Å². The molecule has 0 fully saturated rings. The molecule has 0 spiro atoms. The molecule has 2 heterocycles. The fourth-order valence-corrected chi connectivity index (χ4v) is 1.72. The van der Waals surface area contributed by atoms with E-state index in [0.29, 0.717) is 11.4 Å². The van der Waals surface area contributed by atoms with Gasteiger partial charge in [0.05, 0.1) is 0 Å². The Morgan fingerprint density at radius 1 is 1.37 bits per heavy atom. The Hall–Kier alpha value is -2.37. The quantitative estimate of drug-likeness (QED) is 0.885. The normalized spacial score (nSPS) is 10.7. The van der Waals surface area contributed by atoms with E-state index in [4.69, 9.17) is 0 Å². The Balaban J connectivity index is 2.26. The minimum Gasteiger partial charge on any atom is -0.504 e. The minimum absolute atomic E-state index is 0.0606. The molecule has 19 heavy (non-hydrogen) atoms. The number of amides is 1. The zero-order valence-electron chi connectivity index (χ0n) is 11.1. The first-order valence-corrected chi connectivity index (χ1v) is 6.00. The average molecular weight is 260 g/mol. The SMILES string of the molecule is Cc1ccc(O)c(NC(=O)c2ccnn2C(C)C)n1. The summed E-state index contributed by atoms with van der Waals surface area (Å²) >= 11 is 0. The van der Waals surface area contributed by atoms with Crippen molar-refractivity contribution in [2.24, 2.45) is 0 Å². The zero-order chi connectivity index (χ0) is 14.0. The van der Waals surface area contributed by atoms with Crippen LogP contribution in [-0.4, -0.2) is 25.8 Å². The van der Waals surface area contributed by atoms with Crippen molar-refractivity contribution in [2.45, 2.75) is 26.8 Å². The van der Waals surface area contributed by atoms with Crippen LogP contribution in [0.15, 0.2) is 24.4 Å². The molecule has 0 saturated heterocycles. The maximum Gasteiger partial charge on any atom is 0.275 e. The number of carbonyl (C=O) groups excluding carboxylic acids is 1. The molecule has 0 aromatic carbocycles. The standard InChI is InChI=1S/C13H16N4O2/c1-8(2)17-10(6-7-14-17)13(19)16-12-11(18)5-4-9(3)15-12/h4-8,18H,1-3H3,(H,15,16,19). The Kier molecular flexibility index (Phi) is 3.50. The lowest BCUT2D eigenvalue weighted by Gasteiger charge is -2.11. The number of hydrogen-bond donors (Lipinski definition) is 2. The molecule has 0 aliphatic heterocycles. The Bertz CT molecular complexity index is 604. The van der Waals surface area contributed by atoms with E-state index in [2.05, 4.69) is 15.4 Å². The number of hydrogen-bond acceptors (Lipinski definition) is 4. The second kappa shape index (κ2) is 5.09. The van der Waals surface area contributed by atoms with E-state index in [1.54, 1.807) is 29.9 Å². The van der Waals surface area contributed by atoms with E-state index in [-0.39, 0.29) is 23.5 Å². The van der Waals surface area contributed by atoms with Crippen LogP contribution in [0.3, 0.4) is 0 Å². The van der Waals surface area contributed by atoms with Crippen molar-refractivity contribution in [1.82, 2.24) is 14.8 Å². The molecule has 0 unspecified atom stereocenters. The highest BCUT2D eigenvalue weighted by molar-refractivity contribution is 6.03. The number of rotatable bonds is 3. The highest BCUT2D eigenvalue weighted by Gasteiger charge is 2.16. The molecule has 0 aliphatic rings. The third-order valence-corrected chi connectivity index (χ3v) is 2.64. The van der Waals surface area contributed by atoms with Gasteiger partial charge in [0.25, 0.3) is 5.91 Å². The van der Waals surface area contributed by atoms with Crippen molar-refractivity contribution in [3.8, 4) is 5.75 Å². The van der Waals surface area contributed by atoms with Crippen molar-refractivity contribution in [3.05, 3.63) is 35.8 Å². The van der Waals surface area contributed by atoms with Gasteiger partial charge in [0.1, 0.15) is 5.69 Å². The predicted molar refractivity (Wildman–Crippen MR) is 71.2 cm³/mol. The number of pyridine rings is 1. The summed E-state index contributed by atoms with van der Waals surface area (Å²) in [7, 11) is 0. The van der Waals surface area contributed by atoms with E-state index in [1.165, 1.54) is 6.07 Å². The van der Waals surface area contributed by atoms with Gasteiger partial charge in [-0.1, -0.05) is 0 Å². The predicted octanol–water partition coefficient (Wildman–Crippen LogP) is 2.13. The van der Waals surface area contributed by atoms with E-state index < -0.39 is 0 Å². The Morgan fingerprint density at radius 2 is 2.11 bits per heavy atom. The molecule has 6 nitrogen and oxygen atoms in total. The first-order chi connectivity index (χ1) is 8.99. The Labute approximate surface area is 111 Å². The smallest absolute Gasteiger partial charge is 0.275 e. The summed E-state index contributed by atoms with van der Waals surface area (Å²) in [6, 6.07) is 4.87. The molecule has 0 atom stereocenters. The van der Waals surface area contributed by atoms with Crippen LogP contribution in [0.1, 0.15) is 36.1 Å². The molecule has 2 aromatic heterocycles. The van der Waals surface area contributed by atoms with Gasteiger partial charge in [-0.3, -0.25) is 9.48 Å². The zero-order valence-corrected chi connectivity index (χ0v) is 11.1. The van der Waals surface area contributed by atoms with Gasteiger partial charge in [-0.25, -0.2) is 4.98 Å². The summed E-state index contributed by atoms with van der Waals surface area (Å²) in [5.41, 5.74) is 1.14. The van der Waals surface area contributed by atoms with Crippen molar-refractivity contribution >= 4 is 11.7 Å². The fraction of sp³-hybridized carbons (Fsp3) is 0.308. The molecule has 100 valence electrons. The molecule has 1 amide bonds. The third-order valence-electron chi connectivity index (χ3n) is 2.64. The molecule has 0 saturated carbocycles. The molecule has 2 N–H and O–H groups in total. The number of aromatic nitrogens is 3. The summed E-state index contributed by atoms with van der Waals surface area (Å²) < 4.78 is 1.61. The van der Waals surface area contributed by atoms with Crippen LogP contribution < -0.4 is 5.32 Å². The van der Waals surface area contributed by atoms with Crippen LogP contribution in [0.25, 0.3) is 0 Å². The van der Waals surface area contributed by atoms with Gasteiger partial charge in [-0.05, 0) is 39.0 Å². The lowest BCUT2D eigenvalue weighted by atomic mass is 10.3. The highest BCUT2D eigenvalue weighted by Crippen LogP contribution is 2.21.